The highest BCUT2D eigenvalue weighted by atomic mass is 35.5. The molecule has 1 amide bonds. The number of halogens is 2. The third-order valence-electron chi connectivity index (χ3n) is 4.02. The predicted molar refractivity (Wildman–Crippen MR) is 101 cm³/mol. The van der Waals surface area contributed by atoms with E-state index in [-0.39, 0.29) is 9.23 Å². The summed E-state index contributed by atoms with van der Waals surface area (Å²) in [5.41, 5.74) is 0.373. The molecule has 9 heteroatoms. The molecule has 1 aliphatic rings. The Kier molecular flexibility index (Phi) is 5.70. The van der Waals surface area contributed by atoms with Crippen LogP contribution in [0.1, 0.15) is 19.3 Å². The third-order valence-corrected chi connectivity index (χ3v) is 8.12. The lowest BCUT2D eigenvalue weighted by molar-refractivity contribution is -0.120. The molecule has 25 heavy (non-hydrogen) atoms. The van der Waals surface area contributed by atoms with E-state index in [1.807, 2.05) is 0 Å². The first-order valence-corrected chi connectivity index (χ1v) is 10.8. The second-order valence-corrected chi connectivity index (χ2v) is 9.50. The zero-order chi connectivity index (χ0) is 18.0. The molecule has 1 aromatic carbocycles. The molecule has 1 aromatic heterocycles. The van der Waals surface area contributed by atoms with E-state index >= 15 is 0 Å². The van der Waals surface area contributed by atoms with Crippen LogP contribution in [0.4, 0.5) is 5.69 Å². The number of benzene rings is 1. The van der Waals surface area contributed by atoms with Crippen molar-refractivity contribution in [2.24, 2.45) is 0 Å². The van der Waals surface area contributed by atoms with Crippen LogP contribution in [-0.4, -0.2) is 31.2 Å². The van der Waals surface area contributed by atoms with Crippen LogP contribution < -0.4 is 5.32 Å². The maximum absolute atomic E-state index is 12.8. The lowest BCUT2D eigenvalue weighted by Gasteiger charge is -2.33. The van der Waals surface area contributed by atoms with Crippen LogP contribution in [0.2, 0.25) is 10.0 Å². The summed E-state index contributed by atoms with van der Waals surface area (Å²) in [4.78, 5) is 12.7. The second kappa shape index (κ2) is 7.63. The Labute approximate surface area is 160 Å². The molecule has 2 aromatic rings. The van der Waals surface area contributed by atoms with Gasteiger partial charge in [-0.1, -0.05) is 41.8 Å². The van der Waals surface area contributed by atoms with Crippen molar-refractivity contribution in [3.8, 4) is 0 Å². The topological polar surface area (TPSA) is 66.5 Å². The molecule has 0 radical (unpaired) electrons. The van der Waals surface area contributed by atoms with Crippen molar-refractivity contribution in [2.45, 2.75) is 29.5 Å². The zero-order valence-electron chi connectivity index (χ0n) is 13.1. The van der Waals surface area contributed by atoms with Crippen LogP contribution >= 0.6 is 34.5 Å². The largest absolute Gasteiger partial charge is 0.323 e. The fourth-order valence-electron chi connectivity index (χ4n) is 2.80. The van der Waals surface area contributed by atoms with Crippen molar-refractivity contribution in [3.05, 3.63) is 45.8 Å². The van der Waals surface area contributed by atoms with E-state index in [0.29, 0.717) is 23.7 Å². The Morgan fingerprint density at radius 3 is 2.72 bits per heavy atom. The molecule has 0 bridgehead atoms. The van der Waals surface area contributed by atoms with Gasteiger partial charge >= 0.3 is 0 Å². The summed E-state index contributed by atoms with van der Waals surface area (Å²) in [5.74, 6) is -0.399. The molecule has 1 N–H and O–H groups in total. The first-order valence-electron chi connectivity index (χ1n) is 7.71. The van der Waals surface area contributed by atoms with Crippen LogP contribution in [0.5, 0.6) is 0 Å². The van der Waals surface area contributed by atoms with E-state index in [0.717, 1.165) is 24.2 Å². The molecule has 3 rings (SSSR count). The van der Waals surface area contributed by atoms with Gasteiger partial charge in [0.15, 0.2) is 0 Å². The highest BCUT2D eigenvalue weighted by molar-refractivity contribution is 7.91. The van der Waals surface area contributed by atoms with Crippen molar-refractivity contribution in [1.29, 1.82) is 0 Å². The van der Waals surface area contributed by atoms with Crippen molar-refractivity contribution in [2.75, 3.05) is 11.9 Å². The minimum Gasteiger partial charge on any atom is -0.323 e. The average Bonchev–Trinajstić information content (AvgIpc) is 3.14. The van der Waals surface area contributed by atoms with Gasteiger partial charge in [0.05, 0.1) is 15.7 Å². The number of nitrogens with zero attached hydrogens (tertiary/aromatic N) is 1. The van der Waals surface area contributed by atoms with Gasteiger partial charge in [0.1, 0.15) is 10.3 Å². The van der Waals surface area contributed by atoms with Crippen molar-refractivity contribution in [1.82, 2.24) is 4.31 Å². The van der Waals surface area contributed by atoms with E-state index in [1.54, 1.807) is 35.7 Å². The van der Waals surface area contributed by atoms with Crippen LogP contribution in [0, 0.1) is 0 Å². The number of carbonyl (C=O) groups excluding carboxylic acids is 1. The quantitative estimate of drug-likeness (QED) is 0.806. The number of hydrogen-bond donors (Lipinski definition) is 1. The van der Waals surface area contributed by atoms with Gasteiger partial charge in [-0.05, 0) is 36.4 Å². The Morgan fingerprint density at radius 2 is 2.00 bits per heavy atom. The summed E-state index contributed by atoms with van der Waals surface area (Å²) >= 11 is 13.2. The molecule has 1 unspecified atom stereocenters. The number of nitrogens with one attached hydrogen (secondary N) is 1. The fourth-order valence-corrected chi connectivity index (χ4v) is 5.92. The predicted octanol–water partition coefficient (Wildman–Crippen LogP) is 4.24. The lowest BCUT2D eigenvalue weighted by Crippen LogP contribution is -2.49. The van der Waals surface area contributed by atoms with Crippen molar-refractivity contribution in [3.63, 3.8) is 0 Å². The molecule has 0 aliphatic carbocycles. The maximum atomic E-state index is 12.8. The summed E-state index contributed by atoms with van der Waals surface area (Å²) in [6.45, 7) is 0.321. The van der Waals surface area contributed by atoms with Gasteiger partial charge in [-0.25, -0.2) is 8.42 Å². The summed E-state index contributed by atoms with van der Waals surface area (Å²) in [7, 11) is -3.69. The highest BCUT2D eigenvalue weighted by Gasteiger charge is 2.38. The van der Waals surface area contributed by atoms with Gasteiger partial charge in [-0.3, -0.25) is 4.79 Å². The number of anilines is 1. The van der Waals surface area contributed by atoms with E-state index in [1.165, 1.54) is 4.31 Å². The first kappa shape index (κ1) is 18.7. The first-order chi connectivity index (χ1) is 11.9. The maximum Gasteiger partial charge on any atom is 0.253 e. The molecule has 1 saturated heterocycles. The normalized spacial score (nSPS) is 18.9. The number of thiophene rings is 1. The Balaban J connectivity index is 1.86. The van der Waals surface area contributed by atoms with Gasteiger partial charge in [0.2, 0.25) is 5.91 Å². The Hall–Kier alpha value is -1.12. The van der Waals surface area contributed by atoms with Crippen LogP contribution in [0.3, 0.4) is 0 Å². The number of hydrogen-bond acceptors (Lipinski definition) is 4. The molecule has 1 aliphatic heterocycles. The average molecular weight is 419 g/mol. The molecule has 1 atom stereocenters. The molecule has 5 nitrogen and oxygen atoms in total. The van der Waals surface area contributed by atoms with Crippen LogP contribution in [0.15, 0.2) is 39.9 Å². The standard InChI is InChI=1S/C16H16Cl2N2O3S2/c17-11-5-3-6-12(15(11)18)19-16(21)13-7-1-2-9-20(13)25(22,23)14-8-4-10-24-14/h3-6,8,10,13H,1-2,7,9H2,(H,19,21). The van der Waals surface area contributed by atoms with Gasteiger partial charge in [0.25, 0.3) is 10.0 Å². The third kappa shape index (κ3) is 3.85. The molecule has 0 saturated carbocycles. The van der Waals surface area contributed by atoms with Gasteiger partial charge in [-0.15, -0.1) is 11.3 Å². The summed E-state index contributed by atoms with van der Waals surface area (Å²) in [6, 6.07) is 7.39. The summed E-state index contributed by atoms with van der Waals surface area (Å²) < 4.78 is 27.2. The minimum atomic E-state index is -3.69. The van der Waals surface area contributed by atoms with Crippen LogP contribution in [0.25, 0.3) is 0 Å². The van der Waals surface area contributed by atoms with E-state index in [9.17, 15) is 13.2 Å². The highest BCUT2D eigenvalue weighted by Crippen LogP contribution is 2.32. The summed E-state index contributed by atoms with van der Waals surface area (Å²) in [6.07, 6.45) is 1.98. The fraction of sp³-hybridized carbons (Fsp3) is 0.312. The number of rotatable bonds is 4. The summed E-state index contributed by atoms with van der Waals surface area (Å²) in [5, 5.41) is 4.98. The SMILES string of the molecule is O=C(Nc1cccc(Cl)c1Cl)C1CCCCN1S(=O)(=O)c1cccs1. The molecule has 0 spiro atoms. The smallest absolute Gasteiger partial charge is 0.253 e. The van der Waals surface area contributed by atoms with E-state index in [4.69, 9.17) is 23.2 Å². The zero-order valence-corrected chi connectivity index (χ0v) is 16.3. The molecular formula is C16H16Cl2N2O3S2. The number of carbonyl (C=O) groups is 1. The molecule has 2 heterocycles. The monoisotopic (exact) mass is 418 g/mol. The lowest BCUT2D eigenvalue weighted by atomic mass is 10.0. The van der Waals surface area contributed by atoms with Gasteiger partial charge in [0, 0.05) is 6.54 Å². The number of piperidine rings is 1. The molecule has 1 fully saturated rings. The Bertz CT molecular complexity index is 870. The number of sulfonamides is 1. The van der Waals surface area contributed by atoms with Crippen molar-refractivity contribution >= 4 is 56.2 Å². The minimum absolute atomic E-state index is 0.237. The molecular weight excluding hydrogens is 403 g/mol. The Morgan fingerprint density at radius 1 is 1.20 bits per heavy atom. The van der Waals surface area contributed by atoms with Crippen LogP contribution in [-0.2, 0) is 14.8 Å². The second-order valence-electron chi connectivity index (χ2n) is 5.65. The number of amides is 1. The van der Waals surface area contributed by atoms with Gasteiger partial charge in [-0.2, -0.15) is 4.31 Å². The van der Waals surface area contributed by atoms with E-state index in [2.05, 4.69) is 5.32 Å². The van der Waals surface area contributed by atoms with Gasteiger partial charge < -0.3 is 5.32 Å². The van der Waals surface area contributed by atoms with Crippen molar-refractivity contribution < 1.29 is 13.2 Å². The van der Waals surface area contributed by atoms with E-state index < -0.39 is 22.0 Å². The molecule has 134 valence electrons.